The van der Waals surface area contributed by atoms with Gasteiger partial charge in [0.1, 0.15) is 0 Å². The lowest BCUT2D eigenvalue weighted by atomic mass is 9.99. The van der Waals surface area contributed by atoms with E-state index in [0.29, 0.717) is 0 Å². The highest BCUT2D eigenvalue weighted by Crippen LogP contribution is 2.28. The van der Waals surface area contributed by atoms with E-state index in [9.17, 15) is 9.59 Å². The molecule has 25 heavy (non-hydrogen) atoms. The van der Waals surface area contributed by atoms with Crippen LogP contribution in [0.4, 0.5) is 4.79 Å². The molecule has 2 unspecified atom stereocenters. The molecule has 3 aliphatic heterocycles. The van der Waals surface area contributed by atoms with E-state index in [4.69, 9.17) is 4.99 Å². The molecule has 0 aromatic carbocycles. The number of guanidine groups is 1. The minimum absolute atomic E-state index is 0.215. The monoisotopic (exact) mass is 349 g/mol. The Morgan fingerprint density at radius 3 is 2.56 bits per heavy atom. The zero-order chi connectivity index (χ0) is 18.0. The average molecular weight is 349 g/mol. The smallest absolute Gasteiger partial charge is 0.325 e. The van der Waals surface area contributed by atoms with Crippen molar-refractivity contribution in [1.29, 1.82) is 0 Å². The average Bonchev–Trinajstić information content (AvgIpc) is 2.97. The summed E-state index contributed by atoms with van der Waals surface area (Å²) in [5, 5.41) is 2.48. The van der Waals surface area contributed by atoms with Crippen molar-refractivity contribution in [3.63, 3.8) is 0 Å². The molecule has 0 radical (unpaired) electrons. The van der Waals surface area contributed by atoms with Crippen LogP contribution in [0.1, 0.15) is 52.4 Å². The van der Waals surface area contributed by atoms with Crippen molar-refractivity contribution in [2.45, 2.75) is 64.6 Å². The van der Waals surface area contributed by atoms with E-state index in [1.807, 2.05) is 0 Å². The molecule has 3 amide bonds. The number of hydrogen-bond acceptors (Lipinski definition) is 5. The summed E-state index contributed by atoms with van der Waals surface area (Å²) in [5.74, 6) is 1.44. The molecular weight excluding hydrogens is 318 g/mol. The number of carbonyl (C=O) groups is 2. The van der Waals surface area contributed by atoms with Crippen molar-refractivity contribution >= 4 is 17.9 Å². The number of urea groups is 1. The minimum atomic E-state index is -0.401. The molecule has 2 atom stereocenters. The summed E-state index contributed by atoms with van der Waals surface area (Å²) in [6.07, 6.45) is 6.50. The summed E-state index contributed by atoms with van der Waals surface area (Å²) >= 11 is 0. The molecule has 3 aliphatic rings. The summed E-state index contributed by atoms with van der Waals surface area (Å²) in [4.78, 5) is 35.3. The number of imide groups is 1. The fourth-order valence-electron chi connectivity index (χ4n) is 3.93. The fourth-order valence-corrected chi connectivity index (χ4v) is 3.93. The van der Waals surface area contributed by atoms with Crippen molar-refractivity contribution in [2.75, 3.05) is 26.7 Å². The van der Waals surface area contributed by atoms with E-state index in [0.717, 1.165) is 57.2 Å². The van der Waals surface area contributed by atoms with Gasteiger partial charge in [0.25, 0.3) is 5.91 Å². The molecule has 3 heterocycles. The summed E-state index contributed by atoms with van der Waals surface area (Å²) in [7, 11) is 1.72. The molecule has 7 nitrogen and oxygen atoms in total. The van der Waals surface area contributed by atoms with E-state index < -0.39 is 12.2 Å². The highest BCUT2D eigenvalue weighted by atomic mass is 16.2. The number of nitrogens with zero attached hydrogens (tertiary/aromatic N) is 4. The second-order valence-electron chi connectivity index (χ2n) is 7.62. The maximum Gasteiger partial charge on any atom is 0.325 e. The molecule has 0 aromatic heterocycles. The molecule has 2 saturated heterocycles. The van der Waals surface area contributed by atoms with E-state index in [-0.39, 0.29) is 11.9 Å². The van der Waals surface area contributed by atoms with Gasteiger partial charge < -0.3 is 14.7 Å². The Balaban J connectivity index is 1.78. The number of hydrogen-bond donors (Lipinski definition) is 1. The Morgan fingerprint density at radius 2 is 1.88 bits per heavy atom. The first kappa shape index (κ1) is 18.0. The van der Waals surface area contributed by atoms with Gasteiger partial charge in [0.05, 0.1) is 0 Å². The first-order chi connectivity index (χ1) is 12.0. The Kier molecular flexibility index (Phi) is 5.49. The van der Waals surface area contributed by atoms with Gasteiger partial charge in [0, 0.05) is 26.7 Å². The first-order valence-electron chi connectivity index (χ1n) is 9.70. The molecule has 0 spiro atoms. The number of piperidine rings is 1. The summed E-state index contributed by atoms with van der Waals surface area (Å²) in [5.41, 5.74) is 0. The van der Waals surface area contributed by atoms with E-state index in [2.05, 4.69) is 29.0 Å². The topological polar surface area (TPSA) is 68.2 Å². The molecule has 0 aliphatic carbocycles. The number of fused-ring (bicyclic) bond motifs is 1. The van der Waals surface area contributed by atoms with E-state index >= 15 is 0 Å². The number of unbranched alkanes of at least 4 members (excludes halogenated alkanes) is 3. The van der Waals surface area contributed by atoms with Crippen molar-refractivity contribution in [2.24, 2.45) is 10.9 Å². The van der Waals surface area contributed by atoms with Gasteiger partial charge >= 0.3 is 6.03 Å². The molecule has 3 rings (SSSR count). The number of nitrogens with one attached hydrogen (secondary N) is 1. The molecule has 0 saturated carbocycles. The van der Waals surface area contributed by atoms with Gasteiger partial charge in [0.2, 0.25) is 0 Å². The van der Waals surface area contributed by atoms with E-state index in [1.165, 1.54) is 12.8 Å². The van der Waals surface area contributed by atoms with Gasteiger partial charge in [-0.2, -0.15) is 0 Å². The summed E-state index contributed by atoms with van der Waals surface area (Å²) < 4.78 is 0. The quantitative estimate of drug-likeness (QED) is 0.769. The molecule has 2 fully saturated rings. The van der Waals surface area contributed by atoms with Gasteiger partial charge in [-0.3, -0.25) is 10.1 Å². The highest BCUT2D eigenvalue weighted by molar-refractivity contribution is 6.03. The summed E-state index contributed by atoms with van der Waals surface area (Å²) in [6, 6.07) is -0.742. The molecule has 7 heteroatoms. The number of likely N-dealkylation sites (N-methyl/N-ethyl adjacent to an activating group) is 1. The number of rotatable bonds is 5. The Labute approximate surface area is 150 Å². The van der Waals surface area contributed by atoms with Gasteiger partial charge in [-0.1, -0.05) is 33.1 Å². The lowest BCUT2D eigenvalue weighted by Crippen LogP contribution is -2.64. The number of likely N-dealkylation sites (tertiary alicyclic amines) is 1. The van der Waals surface area contributed by atoms with Crippen LogP contribution in [0.5, 0.6) is 0 Å². The van der Waals surface area contributed by atoms with Crippen LogP contribution in [0.3, 0.4) is 0 Å². The van der Waals surface area contributed by atoms with Crippen LogP contribution < -0.4 is 5.32 Å². The van der Waals surface area contributed by atoms with Crippen molar-refractivity contribution in [1.82, 2.24) is 20.0 Å². The maximum absolute atomic E-state index is 12.5. The van der Waals surface area contributed by atoms with Crippen LogP contribution in [0.2, 0.25) is 0 Å². The van der Waals surface area contributed by atoms with Gasteiger partial charge in [-0.05, 0) is 25.2 Å². The third kappa shape index (κ3) is 3.60. The van der Waals surface area contributed by atoms with Crippen LogP contribution in [0, 0.1) is 5.92 Å². The lowest BCUT2D eigenvalue weighted by molar-refractivity contribution is -0.127. The van der Waals surface area contributed by atoms with Crippen LogP contribution >= 0.6 is 0 Å². The normalized spacial score (nSPS) is 27.5. The maximum atomic E-state index is 12.5. The van der Waals surface area contributed by atoms with Crippen molar-refractivity contribution in [3.8, 4) is 0 Å². The fraction of sp³-hybridized carbons (Fsp3) is 0.833. The number of amides is 3. The SMILES string of the molecule is CCCCCCN1C(N2CCC(C)CC2)=NC2C1C(=O)NC(=O)N2C. The molecular formula is C18H31N5O2. The van der Waals surface area contributed by atoms with Gasteiger partial charge in [0.15, 0.2) is 18.2 Å². The van der Waals surface area contributed by atoms with Crippen molar-refractivity contribution < 1.29 is 9.59 Å². The third-order valence-electron chi connectivity index (χ3n) is 5.66. The zero-order valence-electron chi connectivity index (χ0n) is 15.7. The van der Waals surface area contributed by atoms with Crippen LogP contribution in [-0.4, -0.2) is 71.5 Å². The molecule has 0 aromatic rings. The van der Waals surface area contributed by atoms with Gasteiger partial charge in [-0.15, -0.1) is 0 Å². The Hall–Kier alpha value is -1.79. The minimum Gasteiger partial charge on any atom is -0.343 e. The zero-order valence-corrected chi connectivity index (χ0v) is 15.7. The van der Waals surface area contributed by atoms with Crippen LogP contribution in [0.15, 0.2) is 4.99 Å². The molecule has 0 bridgehead atoms. The lowest BCUT2D eigenvalue weighted by Gasteiger charge is -2.39. The first-order valence-corrected chi connectivity index (χ1v) is 9.70. The standard InChI is InChI=1S/C18H31N5O2/c1-4-5-6-7-10-23-14-15(21(3)18(25)20-16(14)24)19-17(23)22-11-8-13(2)9-12-22/h13-15H,4-12H2,1-3H3,(H,20,24,25). The second-order valence-corrected chi connectivity index (χ2v) is 7.62. The Bertz CT molecular complexity index is 542. The predicted molar refractivity (Wildman–Crippen MR) is 97.1 cm³/mol. The predicted octanol–water partition coefficient (Wildman–Crippen LogP) is 1.85. The molecule has 1 N–H and O–H groups in total. The third-order valence-corrected chi connectivity index (χ3v) is 5.66. The van der Waals surface area contributed by atoms with Crippen LogP contribution in [0.25, 0.3) is 0 Å². The van der Waals surface area contributed by atoms with E-state index in [1.54, 1.807) is 11.9 Å². The second kappa shape index (κ2) is 7.62. The number of aliphatic imine (C=N–C) groups is 1. The summed E-state index contributed by atoms with van der Waals surface area (Å²) in [6.45, 7) is 7.26. The van der Waals surface area contributed by atoms with Gasteiger partial charge in [-0.25, -0.2) is 9.79 Å². The molecule has 140 valence electrons. The van der Waals surface area contributed by atoms with Crippen LogP contribution in [-0.2, 0) is 4.79 Å². The largest absolute Gasteiger partial charge is 0.343 e. The number of carbonyl (C=O) groups excluding carboxylic acids is 2. The highest BCUT2D eigenvalue weighted by Gasteiger charge is 2.49. The Morgan fingerprint density at radius 1 is 1.16 bits per heavy atom. The van der Waals surface area contributed by atoms with Crippen molar-refractivity contribution in [3.05, 3.63) is 0 Å².